The Hall–Kier alpha value is -0.460. The zero-order chi connectivity index (χ0) is 8.43. The number of aryl methyl sites for hydroxylation is 1. The average molecular weight is 228 g/mol. The normalized spacial score (nSPS) is 9.27. The Labute approximate surface area is 79.6 Å². The first kappa shape index (κ1) is 8.63. The van der Waals surface area contributed by atoms with E-state index in [9.17, 15) is 0 Å². The SMILES string of the molecule is Cc1ccc(C#N)c(S)c1Br. The molecule has 0 saturated carbocycles. The second kappa shape index (κ2) is 3.29. The fourth-order valence-electron chi connectivity index (χ4n) is 0.756. The number of hydrogen-bond donors (Lipinski definition) is 1. The van der Waals surface area contributed by atoms with Crippen LogP contribution in [-0.2, 0) is 0 Å². The maximum Gasteiger partial charge on any atom is 0.100 e. The van der Waals surface area contributed by atoms with Crippen molar-refractivity contribution in [3.05, 3.63) is 27.7 Å². The van der Waals surface area contributed by atoms with Crippen LogP contribution in [0.5, 0.6) is 0 Å². The molecule has 0 amide bonds. The number of nitrogens with zero attached hydrogens (tertiary/aromatic N) is 1. The number of halogens is 1. The maximum absolute atomic E-state index is 8.61. The molecule has 0 unspecified atom stereocenters. The van der Waals surface area contributed by atoms with Crippen LogP contribution in [0.1, 0.15) is 11.1 Å². The molecule has 0 spiro atoms. The van der Waals surface area contributed by atoms with Gasteiger partial charge in [0.15, 0.2) is 0 Å². The lowest BCUT2D eigenvalue weighted by Gasteiger charge is -2.01. The Kier molecular flexibility index (Phi) is 2.58. The van der Waals surface area contributed by atoms with E-state index in [0.29, 0.717) is 10.5 Å². The number of rotatable bonds is 0. The largest absolute Gasteiger partial charge is 0.192 e. The van der Waals surface area contributed by atoms with E-state index in [-0.39, 0.29) is 0 Å². The summed E-state index contributed by atoms with van der Waals surface area (Å²) in [5, 5.41) is 8.61. The molecule has 1 rings (SSSR count). The minimum Gasteiger partial charge on any atom is -0.192 e. The number of nitriles is 1. The van der Waals surface area contributed by atoms with E-state index in [1.807, 2.05) is 13.0 Å². The molecule has 56 valence electrons. The van der Waals surface area contributed by atoms with Gasteiger partial charge in [0.25, 0.3) is 0 Å². The van der Waals surface area contributed by atoms with Gasteiger partial charge in [-0.15, -0.1) is 12.6 Å². The van der Waals surface area contributed by atoms with E-state index >= 15 is 0 Å². The van der Waals surface area contributed by atoms with Gasteiger partial charge in [-0.2, -0.15) is 5.26 Å². The molecule has 0 aliphatic heterocycles. The molecule has 3 heteroatoms. The predicted molar refractivity (Wildman–Crippen MR) is 50.8 cm³/mol. The Morgan fingerprint density at radius 2 is 2.18 bits per heavy atom. The van der Waals surface area contributed by atoms with E-state index < -0.39 is 0 Å². The second-order valence-electron chi connectivity index (χ2n) is 2.20. The number of benzene rings is 1. The Bertz CT molecular complexity index is 328. The van der Waals surface area contributed by atoms with Crippen molar-refractivity contribution in [2.24, 2.45) is 0 Å². The molecule has 1 nitrogen and oxygen atoms in total. The van der Waals surface area contributed by atoms with Crippen molar-refractivity contribution >= 4 is 28.6 Å². The summed E-state index contributed by atoms with van der Waals surface area (Å²) in [5.74, 6) is 0. The second-order valence-corrected chi connectivity index (χ2v) is 3.44. The molecule has 0 fully saturated rings. The van der Waals surface area contributed by atoms with Gasteiger partial charge in [-0.25, -0.2) is 0 Å². The lowest BCUT2D eigenvalue weighted by atomic mass is 10.2. The summed E-state index contributed by atoms with van der Waals surface area (Å²) < 4.78 is 0.903. The van der Waals surface area contributed by atoms with Gasteiger partial charge in [-0.3, -0.25) is 0 Å². The van der Waals surface area contributed by atoms with Crippen molar-refractivity contribution in [2.75, 3.05) is 0 Å². The first-order valence-corrected chi connectivity index (χ1v) is 4.29. The molecule has 0 radical (unpaired) electrons. The van der Waals surface area contributed by atoms with Crippen molar-refractivity contribution in [3.8, 4) is 6.07 Å². The van der Waals surface area contributed by atoms with Gasteiger partial charge in [-0.05, 0) is 34.5 Å². The topological polar surface area (TPSA) is 23.8 Å². The summed E-state index contributed by atoms with van der Waals surface area (Å²) in [6.07, 6.45) is 0. The van der Waals surface area contributed by atoms with Crippen LogP contribution >= 0.6 is 28.6 Å². The highest BCUT2D eigenvalue weighted by molar-refractivity contribution is 9.10. The van der Waals surface area contributed by atoms with Crippen LogP contribution in [0.15, 0.2) is 21.5 Å². The molecule has 0 heterocycles. The van der Waals surface area contributed by atoms with Gasteiger partial charge >= 0.3 is 0 Å². The van der Waals surface area contributed by atoms with Crippen LogP contribution in [0.2, 0.25) is 0 Å². The van der Waals surface area contributed by atoms with Crippen molar-refractivity contribution in [1.29, 1.82) is 5.26 Å². The molecule has 0 aromatic heterocycles. The predicted octanol–water partition coefficient (Wildman–Crippen LogP) is 2.92. The number of hydrogen-bond acceptors (Lipinski definition) is 2. The van der Waals surface area contributed by atoms with Crippen LogP contribution in [0.3, 0.4) is 0 Å². The molecule has 0 atom stereocenters. The lowest BCUT2D eigenvalue weighted by Crippen LogP contribution is -1.82. The zero-order valence-corrected chi connectivity index (χ0v) is 8.41. The van der Waals surface area contributed by atoms with E-state index in [1.165, 1.54) is 0 Å². The highest BCUT2D eigenvalue weighted by Crippen LogP contribution is 2.27. The summed E-state index contributed by atoms with van der Waals surface area (Å²) >= 11 is 7.53. The van der Waals surface area contributed by atoms with E-state index in [0.717, 1.165) is 10.0 Å². The van der Waals surface area contributed by atoms with Crippen LogP contribution < -0.4 is 0 Å². The third-order valence-electron chi connectivity index (χ3n) is 1.43. The van der Waals surface area contributed by atoms with Crippen LogP contribution in [0, 0.1) is 18.3 Å². The van der Waals surface area contributed by atoms with E-state index in [1.54, 1.807) is 6.07 Å². The van der Waals surface area contributed by atoms with Crippen molar-refractivity contribution in [2.45, 2.75) is 11.8 Å². The highest BCUT2D eigenvalue weighted by Gasteiger charge is 2.03. The third kappa shape index (κ3) is 1.58. The molecule has 1 aromatic rings. The van der Waals surface area contributed by atoms with Gasteiger partial charge in [0.1, 0.15) is 6.07 Å². The summed E-state index contributed by atoms with van der Waals surface area (Å²) in [4.78, 5) is 0.715. The summed E-state index contributed by atoms with van der Waals surface area (Å²) in [6.45, 7) is 1.96. The van der Waals surface area contributed by atoms with Gasteiger partial charge in [-0.1, -0.05) is 6.07 Å². The minimum absolute atomic E-state index is 0.603. The molecule has 1 aromatic carbocycles. The van der Waals surface area contributed by atoms with Gasteiger partial charge in [0.05, 0.1) is 5.56 Å². The van der Waals surface area contributed by atoms with Crippen molar-refractivity contribution < 1.29 is 0 Å². The molecule has 0 aliphatic carbocycles. The summed E-state index contributed by atoms with van der Waals surface area (Å²) in [6, 6.07) is 5.71. The molecule has 0 bridgehead atoms. The van der Waals surface area contributed by atoms with Crippen LogP contribution in [-0.4, -0.2) is 0 Å². The molecule has 0 N–H and O–H groups in total. The molecular formula is C8H6BrNS. The maximum atomic E-state index is 8.61. The molecule has 0 saturated heterocycles. The Balaban J connectivity index is 3.40. The fourth-order valence-corrected chi connectivity index (χ4v) is 1.40. The Morgan fingerprint density at radius 1 is 1.55 bits per heavy atom. The summed E-state index contributed by atoms with van der Waals surface area (Å²) in [5.41, 5.74) is 1.69. The molecule has 11 heavy (non-hydrogen) atoms. The van der Waals surface area contributed by atoms with E-state index in [4.69, 9.17) is 5.26 Å². The first-order valence-electron chi connectivity index (χ1n) is 3.05. The quantitative estimate of drug-likeness (QED) is 0.678. The Morgan fingerprint density at radius 3 is 2.73 bits per heavy atom. The fraction of sp³-hybridized carbons (Fsp3) is 0.125. The monoisotopic (exact) mass is 227 g/mol. The summed E-state index contributed by atoms with van der Waals surface area (Å²) in [7, 11) is 0. The van der Waals surface area contributed by atoms with Crippen LogP contribution in [0.25, 0.3) is 0 Å². The molecule has 0 aliphatic rings. The average Bonchev–Trinajstić information content (AvgIpc) is 2.01. The molecular weight excluding hydrogens is 222 g/mol. The number of thiol groups is 1. The van der Waals surface area contributed by atoms with E-state index in [2.05, 4.69) is 34.6 Å². The standard InChI is InChI=1S/C8H6BrNS/c1-5-2-3-6(4-10)8(11)7(5)9/h2-3,11H,1H3. The minimum atomic E-state index is 0.603. The first-order chi connectivity index (χ1) is 5.16. The lowest BCUT2D eigenvalue weighted by molar-refractivity contribution is 1.28. The zero-order valence-electron chi connectivity index (χ0n) is 5.93. The van der Waals surface area contributed by atoms with Crippen molar-refractivity contribution in [1.82, 2.24) is 0 Å². The smallest absolute Gasteiger partial charge is 0.100 e. The van der Waals surface area contributed by atoms with Crippen molar-refractivity contribution in [3.63, 3.8) is 0 Å². The third-order valence-corrected chi connectivity index (χ3v) is 3.22. The van der Waals surface area contributed by atoms with Gasteiger partial charge in [0, 0.05) is 9.37 Å². The van der Waals surface area contributed by atoms with Gasteiger partial charge in [0.2, 0.25) is 0 Å². The van der Waals surface area contributed by atoms with Gasteiger partial charge < -0.3 is 0 Å². The highest BCUT2D eigenvalue weighted by atomic mass is 79.9. The van der Waals surface area contributed by atoms with Crippen LogP contribution in [0.4, 0.5) is 0 Å².